The summed E-state index contributed by atoms with van der Waals surface area (Å²) in [7, 11) is 1.62. The van der Waals surface area contributed by atoms with Crippen LogP contribution in [0, 0.1) is 0 Å². The van der Waals surface area contributed by atoms with Gasteiger partial charge >= 0.3 is 12.1 Å². The maximum atomic E-state index is 13.8. The molecule has 6 aromatic carbocycles. The van der Waals surface area contributed by atoms with E-state index < -0.39 is 35.8 Å². The maximum Gasteiger partial charge on any atom is 0.519 e. The number of nitrogens with zero attached hydrogens (tertiary/aromatic N) is 2. The van der Waals surface area contributed by atoms with E-state index in [1.807, 2.05) is 36.4 Å². The second-order valence-electron chi connectivity index (χ2n) is 14.3. The van der Waals surface area contributed by atoms with Crippen molar-refractivity contribution in [2.75, 3.05) is 16.9 Å². The van der Waals surface area contributed by atoms with Crippen LogP contribution in [0.3, 0.4) is 0 Å². The third kappa shape index (κ3) is 7.08. The molecule has 2 aliphatic heterocycles. The van der Waals surface area contributed by atoms with Crippen molar-refractivity contribution in [1.82, 2.24) is 0 Å². The van der Waals surface area contributed by atoms with Crippen molar-refractivity contribution in [3.05, 3.63) is 167 Å². The minimum absolute atomic E-state index is 0.0477. The minimum atomic E-state index is -1.01. The molecule has 0 aliphatic carbocycles. The largest absolute Gasteiger partial charge is 0.519 e. The molecule has 2 heterocycles. The van der Waals surface area contributed by atoms with E-state index in [4.69, 9.17) is 18.9 Å². The number of rotatable bonds is 9. The number of amides is 4. The molecule has 0 spiro atoms. The number of carbonyl (C=O) groups is 6. The fourth-order valence-electron chi connectivity index (χ4n) is 7.18. The highest BCUT2D eigenvalue weighted by atomic mass is 16.7. The van der Waals surface area contributed by atoms with E-state index in [-0.39, 0.29) is 56.3 Å². The lowest BCUT2D eigenvalue weighted by Gasteiger charge is -2.26. The highest BCUT2D eigenvalue weighted by molar-refractivity contribution is 6.35. The summed E-state index contributed by atoms with van der Waals surface area (Å²) in [5.41, 5.74) is 3.83. The summed E-state index contributed by atoms with van der Waals surface area (Å²) in [4.78, 5) is 80.5. The van der Waals surface area contributed by atoms with Crippen LogP contribution in [0.2, 0.25) is 0 Å². The number of carbonyl (C=O) groups excluding carboxylic acids is 6. The van der Waals surface area contributed by atoms with Gasteiger partial charge in [0.2, 0.25) is 0 Å². The Bertz CT molecular complexity index is 2740. The summed E-state index contributed by atoms with van der Waals surface area (Å²) in [6.07, 6.45) is -1.01. The molecule has 8 rings (SSSR count). The van der Waals surface area contributed by atoms with Crippen LogP contribution in [-0.2, 0) is 10.2 Å². The zero-order valence-electron chi connectivity index (χ0n) is 32.2. The van der Waals surface area contributed by atoms with Crippen LogP contribution in [0.5, 0.6) is 23.0 Å². The molecule has 0 N–H and O–H groups in total. The molecule has 6 aromatic rings. The Morgan fingerprint density at radius 1 is 0.475 bits per heavy atom. The molecule has 292 valence electrons. The van der Waals surface area contributed by atoms with E-state index in [9.17, 15) is 28.8 Å². The van der Waals surface area contributed by atoms with Crippen molar-refractivity contribution in [3.63, 3.8) is 0 Å². The van der Waals surface area contributed by atoms with Gasteiger partial charge in [0.15, 0.2) is 0 Å². The predicted molar refractivity (Wildman–Crippen MR) is 217 cm³/mol. The molecule has 2 aliphatic rings. The Hall–Kier alpha value is -7.86. The molecule has 0 radical (unpaired) electrons. The molecular formula is C47H34N2O10. The monoisotopic (exact) mass is 786 g/mol. The number of imide groups is 2. The van der Waals surface area contributed by atoms with Gasteiger partial charge in [-0.05, 0) is 95.1 Å². The first kappa shape index (κ1) is 38.0. The quantitative estimate of drug-likeness (QED) is 0.0603. The molecule has 4 amide bonds. The van der Waals surface area contributed by atoms with E-state index >= 15 is 0 Å². The standard InChI is InChI=1S/C47H34N2O10/c1-27(50)57-36-9-5-7-32(25-36)48-42(51)38-21-11-28(23-40(38)44(48)53)29-12-22-39-41(24-29)45(54)49(43(39)52)33-8-6-10-37(26-33)59-46(55)58-35-19-15-31(16-20-35)47(2,3)30-13-17-34(56-4)18-14-30/h5-26H,1-4H3. The molecule has 0 saturated carbocycles. The fraction of sp³-hybridized carbons (Fsp3) is 0.106. The van der Waals surface area contributed by atoms with Crippen LogP contribution < -0.4 is 28.7 Å². The number of hydrogen-bond donors (Lipinski definition) is 0. The number of ether oxygens (including phenoxy) is 4. The van der Waals surface area contributed by atoms with E-state index in [2.05, 4.69) is 13.8 Å². The lowest BCUT2D eigenvalue weighted by atomic mass is 9.78. The number of esters is 1. The zero-order valence-corrected chi connectivity index (χ0v) is 32.2. The van der Waals surface area contributed by atoms with Crippen LogP contribution in [-0.4, -0.2) is 42.9 Å². The zero-order chi connectivity index (χ0) is 41.6. The van der Waals surface area contributed by atoms with Gasteiger partial charge in [-0.15, -0.1) is 0 Å². The Balaban J connectivity index is 0.955. The van der Waals surface area contributed by atoms with Gasteiger partial charge in [0.1, 0.15) is 23.0 Å². The summed E-state index contributed by atoms with van der Waals surface area (Å²) >= 11 is 0. The second kappa shape index (κ2) is 14.9. The van der Waals surface area contributed by atoms with E-state index in [1.165, 1.54) is 43.3 Å². The van der Waals surface area contributed by atoms with Crippen LogP contribution in [0.15, 0.2) is 133 Å². The third-order valence-corrected chi connectivity index (χ3v) is 10.3. The van der Waals surface area contributed by atoms with Gasteiger partial charge in [-0.25, -0.2) is 14.6 Å². The van der Waals surface area contributed by atoms with Crippen LogP contribution in [0.1, 0.15) is 73.3 Å². The van der Waals surface area contributed by atoms with Crippen LogP contribution in [0.4, 0.5) is 16.2 Å². The third-order valence-electron chi connectivity index (χ3n) is 10.3. The predicted octanol–water partition coefficient (Wildman–Crippen LogP) is 8.79. The van der Waals surface area contributed by atoms with Crippen molar-refractivity contribution >= 4 is 47.1 Å². The number of methoxy groups -OCH3 is 1. The van der Waals surface area contributed by atoms with Crippen LogP contribution in [0.25, 0.3) is 11.1 Å². The smallest absolute Gasteiger partial charge is 0.497 e. The molecule has 12 nitrogen and oxygen atoms in total. The first-order valence-corrected chi connectivity index (χ1v) is 18.4. The van der Waals surface area contributed by atoms with Gasteiger partial charge in [0.25, 0.3) is 23.6 Å². The van der Waals surface area contributed by atoms with E-state index in [0.717, 1.165) is 26.7 Å². The number of benzene rings is 6. The highest BCUT2D eigenvalue weighted by Crippen LogP contribution is 2.37. The topological polar surface area (TPSA) is 146 Å². The van der Waals surface area contributed by atoms with Crippen molar-refractivity contribution in [2.45, 2.75) is 26.2 Å². The van der Waals surface area contributed by atoms with Crippen molar-refractivity contribution in [3.8, 4) is 34.1 Å². The molecule has 0 saturated heterocycles. The number of fused-ring (bicyclic) bond motifs is 2. The molecule has 0 unspecified atom stereocenters. The summed E-state index contributed by atoms with van der Waals surface area (Å²) in [5, 5.41) is 0. The highest BCUT2D eigenvalue weighted by Gasteiger charge is 2.39. The SMILES string of the molecule is COc1ccc(C(C)(C)c2ccc(OC(=O)Oc3cccc(N4C(=O)c5ccc(-c6ccc7c(c6)C(=O)N(c6cccc(OC(C)=O)c6)C7=O)cc5C4=O)c3)cc2)cc1. The number of anilines is 2. The van der Waals surface area contributed by atoms with Gasteiger partial charge in [0.05, 0.1) is 40.7 Å². The first-order valence-electron chi connectivity index (χ1n) is 18.4. The Labute approximate surface area is 338 Å². The van der Waals surface area contributed by atoms with Gasteiger partial charge in [-0.3, -0.25) is 24.0 Å². The normalized spacial score (nSPS) is 13.3. The molecule has 59 heavy (non-hydrogen) atoms. The summed E-state index contributed by atoms with van der Waals surface area (Å²) in [6.45, 7) is 5.43. The minimum Gasteiger partial charge on any atom is -0.497 e. The van der Waals surface area contributed by atoms with Gasteiger partial charge in [0, 0.05) is 24.5 Å². The average Bonchev–Trinajstić information content (AvgIpc) is 3.63. The second-order valence-corrected chi connectivity index (χ2v) is 14.3. The lowest BCUT2D eigenvalue weighted by molar-refractivity contribution is -0.131. The summed E-state index contributed by atoms with van der Waals surface area (Å²) in [6, 6.07) is 36.5. The summed E-state index contributed by atoms with van der Waals surface area (Å²) < 4.78 is 21.3. The first-order chi connectivity index (χ1) is 28.3. The van der Waals surface area contributed by atoms with Crippen molar-refractivity contribution in [2.24, 2.45) is 0 Å². The molecule has 0 aromatic heterocycles. The van der Waals surface area contributed by atoms with E-state index in [0.29, 0.717) is 11.1 Å². The van der Waals surface area contributed by atoms with Crippen molar-refractivity contribution < 1.29 is 47.7 Å². The maximum absolute atomic E-state index is 13.8. The van der Waals surface area contributed by atoms with E-state index in [1.54, 1.807) is 67.8 Å². The Morgan fingerprint density at radius 3 is 1.36 bits per heavy atom. The Morgan fingerprint density at radius 2 is 0.898 bits per heavy atom. The van der Waals surface area contributed by atoms with Crippen LogP contribution >= 0.6 is 0 Å². The van der Waals surface area contributed by atoms with Crippen molar-refractivity contribution in [1.29, 1.82) is 0 Å². The lowest BCUT2D eigenvalue weighted by Crippen LogP contribution is -2.29. The fourth-order valence-corrected chi connectivity index (χ4v) is 7.18. The molecule has 0 fully saturated rings. The Kier molecular flexibility index (Phi) is 9.61. The summed E-state index contributed by atoms with van der Waals surface area (Å²) in [5.74, 6) is -1.57. The molecule has 0 bridgehead atoms. The number of hydrogen-bond acceptors (Lipinski definition) is 10. The van der Waals surface area contributed by atoms with Gasteiger partial charge < -0.3 is 18.9 Å². The molecular weight excluding hydrogens is 753 g/mol. The molecule has 0 atom stereocenters. The van der Waals surface area contributed by atoms with Gasteiger partial charge in [-0.1, -0.05) is 62.4 Å². The van der Waals surface area contributed by atoms with Gasteiger partial charge in [-0.2, -0.15) is 0 Å². The average molecular weight is 787 g/mol. The molecule has 12 heteroatoms.